The van der Waals surface area contributed by atoms with E-state index in [9.17, 15) is 0 Å². The Balaban J connectivity index is 2.65. The van der Waals surface area contributed by atoms with Crippen LogP contribution in [0.2, 0.25) is 0 Å². The summed E-state index contributed by atoms with van der Waals surface area (Å²) >= 11 is 0. The quantitative estimate of drug-likeness (QED) is 0.764. The number of hydrogen-bond donors (Lipinski definition) is 1. The van der Waals surface area contributed by atoms with Gasteiger partial charge in [-0.25, -0.2) is 0 Å². The van der Waals surface area contributed by atoms with Crippen molar-refractivity contribution in [3.8, 4) is 5.75 Å². The van der Waals surface area contributed by atoms with E-state index in [2.05, 4.69) is 30.9 Å². The summed E-state index contributed by atoms with van der Waals surface area (Å²) < 4.78 is 5.22. The van der Waals surface area contributed by atoms with Crippen molar-refractivity contribution in [1.29, 1.82) is 0 Å². The van der Waals surface area contributed by atoms with Gasteiger partial charge in [0.25, 0.3) is 0 Å². The molecule has 0 unspecified atom stereocenters. The highest BCUT2D eigenvalue weighted by atomic mass is 16.5. The summed E-state index contributed by atoms with van der Waals surface area (Å²) in [6.45, 7) is 2.06. The summed E-state index contributed by atoms with van der Waals surface area (Å²) in [6.07, 6.45) is 1.11. The lowest BCUT2D eigenvalue weighted by molar-refractivity contribution is 0.401. The molecule has 0 amide bonds. The van der Waals surface area contributed by atoms with Gasteiger partial charge in [0.1, 0.15) is 5.75 Å². The minimum absolute atomic E-state index is 0.711. The Kier molecular flexibility index (Phi) is 5.10. The summed E-state index contributed by atoms with van der Waals surface area (Å²) in [7, 11) is 7.86. The number of rotatable bonds is 6. The smallest absolute Gasteiger partial charge is 0.143 e. The first-order chi connectivity index (χ1) is 8.06. The Labute approximate surface area is 104 Å². The average Bonchev–Trinajstić information content (AvgIpc) is 2.28. The molecule has 1 aromatic carbocycles. The number of nitrogens with zero attached hydrogens (tertiary/aromatic N) is 2. The lowest BCUT2D eigenvalue weighted by Crippen LogP contribution is -2.24. The number of hydrogen-bond acceptors (Lipinski definition) is 4. The molecule has 0 bridgehead atoms. The van der Waals surface area contributed by atoms with Gasteiger partial charge in [0.05, 0.1) is 18.5 Å². The minimum Gasteiger partial charge on any atom is -0.495 e. The molecule has 0 aromatic heterocycles. The highest BCUT2D eigenvalue weighted by Gasteiger charge is 2.08. The molecule has 1 aromatic rings. The zero-order valence-electron chi connectivity index (χ0n) is 11.2. The molecule has 17 heavy (non-hydrogen) atoms. The first-order valence-electron chi connectivity index (χ1n) is 5.84. The monoisotopic (exact) mass is 237 g/mol. The van der Waals surface area contributed by atoms with Crippen LogP contribution in [0.25, 0.3) is 0 Å². The number of nitrogen functional groups attached to an aromatic ring is 1. The molecule has 0 spiro atoms. The number of nitrogens with two attached hydrogens (primary N) is 1. The van der Waals surface area contributed by atoms with Gasteiger partial charge in [-0.05, 0) is 39.2 Å². The topological polar surface area (TPSA) is 41.7 Å². The lowest BCUT2D eigenvalue weighted by atomic mass is 10.2. The molecule has 0 aliphatic rings. The summed E-state index contributed by atoms with van der Waals surface area (Å²) in [5.41, 5.74) is 7.79. The maximum absolute atomic E-state index is 6.05. The van der Waals surface area contributed by atoms with Crippen molar-refractivity contribution < 1.29 is 4.74 Å². The van der Waals surface area contributed by atoms with E-state index in [4.69, 9.17) is 10.5 Å². The molecule has 1 rings (SSSR count). The van der Waals surface area contributed by atoms with Crippen molar-refractivity contribution in [3.63, 3.8) is 0 Å². The zero-order valence-corrected chi connectivity index (χ0v) is 11.2. The molecule has 4 heteroatoms. The second-order valence-electron chi connectivity index (χ2n) is 4.47. The van der Waals surface area contributed by atoms with Crippen molar-refractivity contribution in [2.24, 2.45) is 0 Å². The molecular formula is C13H23N3O. The van der Waals surface area contributed by atoms with E-state index >= 15 is 0 Å². The Morgan fingerprint density at radius 2 is 1.88 bits per heavy atom. The molecule has 0 saturated carbocycles. The van der Waals surface area contributed by atoms with E-state index in [-0.39, 0.29) is 0 Å². The fourth-order valence-electron chi connectivity index (χ4n) is 1.79. The summed E-state index contributed by atoms with van der Waals surface area (Å²) in [4.78, 5) is 4.35. The van der Waals surface area contributed by atoms with E-state index in [0.717, 1.165) is 30.9 Å². The van der Waals surface area contributed by atoms with E-state index in [0.29, 0.717) is 5.69 Å². The van der Waals surface area contributed by atoms with E-state index in [1.54, 1.807) is 7.11 Å². The van der Waals surface area contributed by atoms with Crippen molar-refractivity contribution in [3.05, 3.63) is 18.2 Å². The minimum atomic E-state index is 0.711. The lowest BCUT2D eigenvalue weighted by Gasteiger charge is -2.22. The van der Waals surface area contributed by atoms with Gasteiger partial charge in [0.15, 0.2) is 0 Å². The fourth-order valence-corrected chi connectivity index (χ4v) is 1.79. The van der Waals surface area contributed by atoms with Crippen LogP contribution in [0.1, 0.15) is 6.42 Å². The summed E-state index contributed by atoms with van der Waals surface area (Å²) in [5, 5.41) is 0. The van der Waals surface area contributed by atoms with E-state index in [1.807, 2.05) is 18.2 Å². The second kappa shape index (κ2) is 6.35. The van der Waals surface area contributed by atoms with Crippen LogP contribution in [0.5, 0.6) is 5.75 Å². The fraction of sp³-hybridized carbons (Fsp3) is 0.538. The molecular weight excluding hydrogens is 214 g/mol. The molecule has 0 saturated heterocycles. The Morgan fingerprint density at radius 1 is 1.18 bits per heavy atom. The summed E-state index contributed by atoms with van der Waals surface area (Å²) in [6, 6.07) is 5.87. The van der Waals surface area contributed by atoms with Crippen molar-refractivity contribution in [2.75, 3.05) is 52.0 Å². The molecule has 0 heterocycles. The van der Waals surface area contributed by atoms with Crippen LogP contribution in [0.3, 0.4) is 0 Å². The predicted molar refractivity (Wildman–Crippen MR) is 73.8 cm³/mol. The van der Waals surface area contributed by atoms with Crippen LogP contribution < -0.4 is 15.4 Å². The highest BCUT2D eigenvalue weighted by molar-refractivity contribution is 5.73. The molecule has 0 atom stereocenters. The van der Waals surface area contributed by atoms with Gasteiger partial charge in [-0.2, -0.15) is 0 Å². The van der Waals surface area contributed by atoms with Crippen LogP contribution >= 0.6 is 0 Å². The molecule has 0 fully saturated rings. The van der Waals surface area contributed by atoms with Gasteiger partial charge < -0.3 is 20.3 Å². The van der Waals surface area contributed by atoms with E-state index < -0.39 is 0 Å². The number of methoxy groups -OCH3 is 1. The number of anilines is 2. The first-order valence-corrected chi connectivity index (χ1v) is 5.84. The van der Waals surface area contributed by atoms with Crippen LogP contribution in [0, 0.1) is 0 Å². The van der Waals surface area contributed by atoms with Crippen molar-refractivity contribution in [1.82, 2.24) is 4.90 Å². The Bertz CT molecular complexity index is 353. The van der Waals surface area contributed by atoms with Crippen molar-refractivity contribution in [2.45, 2.75) is 6.42 Å². The van der Waals surface area contributed by atoms with Gasteiger partial charge >= 0.3 is 0 Å². The van der Waals surface area contributed by atoms with Gasteiger partial charge in [-0.3, -0.25) is 0 Å². The molecule has 0 aliphatic carbocycles. The molecule has 96 valence electrons. The second-order valence-corrected chi connectivity index (χ2v) is 4.47. The molecule has 2 N–H and O–H groups in total. The average molecular weight is 237 g/mol. The zero-order chi connectivity index (χ0) is 12.8. The standard InChI is InChI=1S/C13H23N3O/c1-15(2)9-6-10-16(3)11-7-5-8-12(17-4)13(11)14/h5,7-8H,6,9-10,14H2,1-4H3. The largest absolute Gasteiger partial charge is 0.495 e. The maximum atomic E-state index is 6.05. The number of benzene rings is 1. The third kappa shape index (κ3) is 3.82. The van der Waals surface area contributed by atoms with Crippen LogP contribution in [0.15, 0.2) is 18.2 Å². The highest BCUT2D eigenvalue weighted by Crippen LogP contribution is 2.31. The van der Waals surface area contributed by atoms with Crippen molar-refractivity contribution >= 4 is 11.4 Å². The summed E-state index contributed by atoms with van der Waals surface area (Å²) in [5.74, 6) is 0.738. The number of para-hydroxylation sites is 1. The maximum Gasteiger partial charge on any atom is 0.143 e. The van der Waals surface area contributed by atoms with Gasteiger partial charge in [-0.15, -0.1) is 0 Å². The third-order valence-corrected chi connectivity index (χ3v) is 2.77. The molecule has 0 aliphatic heterocycles. The first kappa shape index (κ1) is 13.6. The van der Waals surface area contributed by atoms with Gasteiger partial charge in [0.2, 0.25) is 0 Å². The SMILES string of the molecule is COc1cccc(N(C)CCCN(C)C)c1N. The Hall–Kier alpha value is -1.42. The Morgan fingerprint density at radius 3 is 2.47 bits per heavy atom. The van der Waals surface area contributed by atoms with Crippen LogP contribution in [-0.2, 0) is 0 Å². The predicted octanol–water partition coefficient (Wildman–Crippen LogP) is 1.67. The number of ether oxygens (including phenoxy) is 1. The van der Waals surface area contributed by atoms with Gasteiger partial charge in [-0.1, -0.05) is 6.07 Å². The van der Waals surface area contributed by atoms with Crippen LogP contribution in [0.4, 0.5) is 11.4 Å². The normalized spacial score (nSPS) is 10.6. The van der Waals surface area contributed by atoms with Crippen LogP contribution in [-0.4, -0.2) is 46.2 Å². The third-order valence-electron chi connectivity index (χ3n) is 2.77. The van der Waals surface area contributed by atoms with Gasteiger partial charge in [0, 0.05) is 13.6 Å². The molecule has 0 radical (unpaired) electrons. The van der Waals surface area contributed by atoms with E-state index in [1.165, 1.54) is 0 Å². The molecule has 4 nitrogen and oxygen atoms in total.